The number of carbonyl (C=O) groups excluding carboxylic acids is 2. The van der Waals surface area contributed by atoms with Crippen molar-refractivity contribution >= 4 is 23.5 Å². The van der Waals surface area contributed by atoms with E-state index in [4.69, 9.17) is 36.1 Å². The van der Waals surface area contributed by atoms with Crippen molar-refractivity contribution in [3.8, 4) is 56.8 Å². The van der Waals surface area contributed by atoms with Crippen molar-refractivity contribution < 1.29 is 23.8 Å². The van der Waals surface area contributed by atoms with E-state index in [1.807, 2.05) is 23.9 Å². The van der Waals surface area contributed by atoms with Gasteiger partial charge >= 0.3 is 11.9 Å². The lowest BCUT2D eigenvalue weighted by atomic mass is 9.86. The number of ether oxygens (including phenoxy) is 3. The number of nitrogens with zero attached hydrogens (tertiary/aromatic N) is 5. The van der Waals surface area contributed by atoms with Crippen molar-refractivity contribution in [2.24, 2.45) is 14.1 Å². The van der Waals surface area contributed by atoms with Crippen LogP contribution < -0.4 is 4.74 Å². The molecule has 1 aliphatic rings. The highest BCUT2D eigenvalue weighted by Gasteiger charge is 2.27. The van der Waals surface area contributed by atoms with Crippen LogP contribution in [0.15, 0.2) is 97.3 Å². The molecule has 7 rings (SSSR count). The summed E-state index contributed by atoms with van der Waals surface area (Å²) in [7, 11) is 6.54. The Hall–Kier alpha value is -6.18. The Bertz CT molecular complexity index is 2380. The molecule has 0 radical (unpaired) electrons. The van der Waals surface area contributed by atoms with Gasteiger partial charge in [-0.1, -0.05) is 66.2 Å². The van der Waals surface area contributed by atoms with Crippen LogP contribution >= 0.6 is 11.6 Å². The third kappa shape index (κ3) is 7.10. The first kappa shape index (κ1) is 36.2. The van der Waals surface area contributed by atoms with Gasteiger partial charge in [0.15, 0.2) is 0 Å². The Kier molecular flexibility index (Phi) is 10.3. The minimum atomic E-state index is -0.630. The Balaban J connectivity index is 1.01. The highest BCUT2D eigenvalue weighted by Crippen LogP contribution is 2.37. The molecule has 272 valence electrons. The van der Waals surface area contributed by atoms with Gasteiger partial charge in [-0.2, -0.15) is 5.26 Å². The van der Waals surface area contributed by atoms with Gasteiger partial charge in [0.05, 0.1) is 65.8 Å². The maximum atomic E-state index is 12.5. The van der Waals surface area contributed by atoms with Gasteiger partial charge in [0.2, 0.25) is 0 Å². The monoisotopic (exact) mass is 739 g/mol. The second-order valence-electron chi connectivity index (χ2n) is 13.3. The smallest absolute Gasteiger partial charge is 0.338 e. The fraction of sp³-hybridized carbons (Fsp3) is 0.233. The van der Waals surface area contributed by atoms with Gasteiger partial charge in [-0.15, -0.1) is 0 Å². The highest BCUT2D eigenvalue weighted by molar-refractivity contribution is 6.31. The highest BCUT2D eigenvalue weighted by atomic mass is 35.5. The molecular weight excluding hydrogens is 702 g/mol. The van der Waals surface area contributed by atoms with Crippen molar-refractivity contribution in [1.29, 1.82) is 5.26 Å². The molecule has 0 saturated heterocycles. The minimum Gasteiger partial charge on any atom is -0.490 e. The molecule has 0 N–H and O–H groups in total. The summed E-state index contributed by atoms with van der Waals surface area (Å²) in [5.74, 6) is 1.53. The van der Waals surface area contributed by atoms with Gasteiger partial charge in [-0.05, 0) is 72.2 Å². The summed E-state index contributed by atoms with van der Waals surface area (Å²) in [5, 5.41) is 9.55. The zero-order chi connectivity index (χ0) is 37.9. The molecule has 0 spiro atoms. The maximum absolute atomic E-state index is 12.5. The lowest BCUT2D eigenvalue weighted by molar-refractivity contribution is 0.0555. The molecule has 0 unspecified atom stereocenters. The molecule has 4 aromatic carbocycles. The first-order chi connectivity index (χ1) is 26.2. The summed E-state index contributed by atoms with van der Waals surface area (Å²) in [6.45, 7) is 0. The minimum absolute atomic E-state index is 0.106. The van der Waals surface area contributed by atoms with E-state index in [-0.39, 0.29) is 17.2 Å². The summed E-state index contributed by atoms with van der Waals surface area (Å²) in [4.78, 5) is 34.2. The number of aromatic nitrogens is 4. The fourth-order valence-electron chi connectivity index (χ4n) is 7.23. The molecule has 0 amide bonds. The van der Waals surface area contributed by atoms with E-state index in [1.54, 1.807) is 36.5 Å². The second kappa shape index (κ2) is 15.4. The largest absolute Gasteiger partial charge is 0.490 e. The van der Waals surface area contributed by atoms with Gasteiger partial charge in [-0.25, -0.2) is 19.6 Å². The Morgan fingerprint density at radius 3 is 1.85 bits per heavy atom. The number of hydrogen-bond acceptors (Lipinski definition) is 8. The predicted octanol–water partition coefficient (Wildman–Crippen LogP) is 9.03. The average molecular weight is 740 g/mol. The van der Waals surface area contributed by atoms with Crippen molar-refractivity contribution in [2.75, 3.05) is 14.2 Å². The summed E-state index contributed by atoms with van der Waals surface area (Å²) in [6.07, 6.45) is 7.67. The number of esters is 2. The molecule has 6 aromatic rings. The third-order valence-electron chi connectivity index (χ3n) is 10.2. The van der Waals surface area contributed by atoms with Crippen LogP contribution in [0.25, 0.3) is 45.0 Å². The number of methoxy groups -OCH3 is 2. The van der Waals surface area contributed by atoms with Crippen LogP contribution in [0.3, 0.4) is 0 Å². The van der Waals surface area contributed by atoms with Crippen molar-refractivity contribution in [3.63, 3.8) is 0 Å². The molecule has 0 aliphatic heterocycles. The molecule has 1 aliphatic carbocycles. The number of rotatable bonds is 9. The second-order valence-corrected chi connectivity index (χ2v) is 13.7. The average Bonchev–Trinajstić information content (AvgIpc) is 3.79. The molecule has 2 heterocycles. The van der Waals surface area contributed by atoms with E-state index >= 15 is 0 Å². The number of nitriles is 1. The zero-order valence-electron chi connectivity index (χ0n) is 30.4. The van der Waals surface area contributed by atoms with Gasteiger partial charge in [0.1, 0.15) is 23.5 Å². The van der Waals surface area contributed by atoms with Crippen LogP contribution in [0, 0.1) is 11.3 Å². The van der Waals surface area contributed by atoms with Crippen LogP contribution in [-0.2, 0) is 23.6 Å². The van der Waals surface area contributed by atoms with E-state index in [1.165, 1.54) is 14.2 Å². The van der Waals surface area contributed by atoms with Crippen molar-refractivity contribution in [2.45, 2.75) is 37.7 Å². The first-order valence-corrected chi connectivity index (χ1v) is 18.0. The van der Waals surface area contributed by atoms with E-state index < -0.39 is 11.9 Å². The number of hydrogen-bond donors (Lipinski definition) is 0. The van der Waals surface area contributed by atoms with Crippen LogP contribution in [0.5, 0.6) is 5.75 Å². The lowest BCUT2D eigenvalue weighted by Crippen LogP contribution is -2.24. The predicted molar refractivity (Wildman–Crippen MR) is 206 cm³/mol. The Morgan fingerprint density at radius 1 is 0.704 bits per heavy atom. The number of imidazole rings is 2. The van der Waals surface area contributed by atoms with E-state index in [2.05, 4.69) is 71.2 Å². The molecule has 11 heteroatoms. The standard InChI is InChI=1S/C43H38ClN5O5/c1-48-38(24-46-40(48)30-13-17-33(18-14-30)54-34-19-15-32(23-45)37(44)22-34)28-9-5-26(6-10-28)27-7-11-29(12-8-27)39-25-47-41(49(39)2)31-16-20-35(42(50)52-3)36(21-31)43(51)53-4/h5-12,15-16,19-22,24-25,30,33H,13-14,17-18H2,1-4H3/t30-,33-. The topological polar surface area (TPSA) is 121 Å². The molecule has 54 heavy (non-hydrogen) atoms. The molecule has 0 bridgehead atoms. The Morgan fingerprint density at radius 2 is 1.26 bits per heavy atom. The summed E-state index contributed by atoms with van der Waals surface area (Å²) in [5.41, 5.74) is 7.59. The summed E-state index contributed by atoms with van der Waals surface area (Å²) < 4.78 is 20.1. The van der Waals surface area contributed by atoms with E-state index in [9.17, 15) is 9.59 Å². The Labute approximate surface area is 318 Å². The van der Waals surface area contributed by atoms with E-state index in [0.717, 1.165) is 65.1 Å². The van der Waals surface area contributed by atoms with Crippen molar-refractivity contribution in [1.82, 2.24) is 19.1 Å². The lowest BCUT2D eigenvalue weighted by Gasteiger charge is -2.29. The summed E-state index contributed by atoms with van der Waals surface area (Å²) >= 11 is 6.20. The molecule has 10 nitrogen and oxygen atoms in total. The van der Waals surface area contributed by atoms with Gasteiger partial charge in [0, 0.05) is 31.6 Å². The number of benzene rings is 4. The van der Waals surface area contributed by atoms with Crippen LogP contribution in [0.1, 0.15) is 63.7 Å². The first-order valence-electron chi connectivity index (χ1n) is 17.6. The van der Waals surface area contributed by atoms with E-state index in [0.29, 0.717) is 33.6 Å². The molecular formula is C43H38ClN5O5. The molecule has 1 saturated carbocycles. The summed E-state index contributed by atoms with van der Waals surface area (Å²) in [6, 6.07) is 29.1. The fourth-order valence-corrected chi connectivity index (χ4v) is 7.44. The zero-order valence-corrected chi connectivity index (χ0v) is 31.1. The quantitative estimate of drug-likeness (QED) is 0.135. The normalized spacial score (nSPS) is 15.3. The molecule has 2 aromatic heterocycles. The third-order valence-corrected chi connectivity index (χ3v) is 10.5. The maximum Gasteiger partial charge on any atom is 0.338 e. The number of halogens is 1. The van der Waals surface area contributed by atoms with Crippen LogP contribution in [-0.4, -0.2) is 51.4 Å². The SMILES string of the molecule is COC(=O)c1ccc(-c2ncc(-c3ccc(-c4ccc(-c5cnc([C@H]6CC[C@H](Oc7ccc(C#N)c(Cl)c7)CC6)n5C)cc4)cc3)n2C)cc1C(=O)OC. The van der Waals surface area contributed by atoms with Gasteiger partial charge in [-0.3, -0.25) is 0 Å². The molecule has 1 fully saturated rings. The van der Waals surface area contributed by atoms with Crippen molar-refractivity contribution in [3.05, 3.63) is 125 Å². The van der Waals surface area contributed by atoms with Crippen LogP contribution in [0.2, 0.25) is 5.02 Å². The van der Waals surface area contributed by atoms with Gasteiger partial charge in [0.25, 0.3) is 0 Å². The molecule has 0 atom stereocenters. The van der Waals surface area contributed by atoms with Gasteiger partial charge < -0.3 is 23.3 Å². The number of carbonyl (C=O) groups is 2. The van der Waals surface area contributed by atoms with Crippen LogP contribution in [0.4, 0.5) is 0 Å².